The van der Waals surface area contributed by atoms with Gasteiger partial charge in [0, 0.05) is 40.3 Å². The topological polar surface area (TPSA) is 40.5 Å². The molecule has 154 valence electrons. The maximum absolute atomic E-state index is 12.6. The van der Waals surface area contributed by atoms with Gasteiger partial charge in [-0.05, 0) is 50.7 Å². The summed E-state index contributed by atoms with van der Waals surface area (Å²) in [7, 11) is 0. The Bertz CT molecular complexity index is 608. The van der Waals surface area contributed by atoms with Crippen LogP contribution in [0.25, 0.3) is 0 Å². The van der Waals surface area contributed by atoms with E-state index in [1.165, 1.54) is 0 Å². The van der Waals surface area contributed by atoms with E-state index >= 15 is 0 Å². The molecule has 1 rings (SSSR count). The van der Waals surface area contributed by atoms with Crippen molar-refractivity contribution in [3.63, 3.8) is 0 Å². The summed E-state index contributed by atoms with van der Waals surface area (Å²) >= 11 is 1.70. The molecule has 0 radical (unpaired) electrons. The van der Waals surface area contributed by atoms with Crippen molar-refractivity contribution < 1.29 is 9.90 Å². The lowest BCUT2D eigenvalue weighted by Crippen LogP contribution is -2.42. The first kappa shape index (κ1) is 23.9. The van der Waals surface area contributed by atoms with Crippen molar-refractivity contribution in [1.29, 1.82) is 0 Å². The molecule has 0 atom stereocenters. The van der Waals surface area contributed by atoms with Gasteiger partial charge in [0.2, 0.25) is 5.91 Å². The molecule has 0 aliphatic rings. The van der Waals surface area contributed by atoms with Gasteiger partial charge in [-0.25, -0.2) is 0 Å². The number of rotatable bonds is 6. The van der Waals surface area contributed by atoms with Gasteiger partial charge in [0.25, 0.3) is 0 Å². The van der Waals surface area contributed by atoms with Crippen LogP contribution in [0.4, 0.5) is 0 Å². The Labute approximate surface area is 170 Å². The van der Waals surface area contributed by atoms with Gasteiger partial charge in [-0.1, -0.05) is 41.5 Å². The van der Waals surface area contributed by atoms with E-state index in [-0.39, 0.29) is 28.8 Å². The minimum Gasteiger partial charge on any atom is -0.507 e. The smallest absolute Gasteiger partial charge is 0.223 e. The summed E-state index contributed by atoms with van der Waals surface area (Å²) in [4.78, 5) is 15.7. The van der Waals surface area contributed by atoms with Gasteiger partial charge in [-0.15, -0.1) is 11.8 Å². The fourth-order valence-corrected chi connectivity index (χ4v) is 4.31. The first-order valence-corrected chi connectivity index (χ1v) is 11.0. The Morgan fingerprint density at radius 2 is 1.37 bits per heavy atom. The molecule has 1 aromatic rings. The Morgan fingerprint density at radius 1 is 0.963 bits per heavy atom. The Balaban J connectivity index is 3.03. The molecule has 27 heavy (non-hydrogen) atoms. The largest absolute Gasteiger partial charge is 0.507 e. The number of thioether (sulfide) groups is 1. The fraction of sp³-hybridized carbons (Fsp3) is 0.696. The number of aromatic hydroxyl groups is 1. The third kappa shape index (κ3) is 6.44. The molecule has 0 aliphatic carbocycles. The van der Waals surface area contributed by atoms with Crippen molar-refractivity contribution in [3.8, 4) is 5.75 Å². The maximum Gasteiger partial charge on any atom is 0.223 e. The first-order valence-electron chi connectivity index (χ1n) is 9.98. The lowest BCUT2D eigenvalue weighted by molar-refractivity contribution is -0.134. The van der Waals surface area contributed by atoms with Crippen LogP contribution in [-0.2, 0) is 15.6 Å². The fourth-order valence-electron chi connectivity index (χ4n) is 3.39. The first-order chi connectivity index (χ1) is 12.2. The van der Waals surface area contributed by atoms with Crippen LogP contribution in [0.1, 0.15) is 86.8 Å². The monoisotopic (exact) mass is 393 g/mol. The highest BCUT2D eigenvalue weighted by Gasteiger charge is 2.27. The Morgan fingerprint density at radius 3 is 1.70 bits per heavy atom. The third-order valence-electron chi connectivity index (χ3n) is 4.68. The summed E-state index contributed by atoms with van der Waals surface area (Å²) in [5, 5.41) is 10.8. The van der Waals surface area contributed by atoms with Crippen molar-refractivity contribution in [1.82, 2.24) is 4.90 Å². The molecule has 0 aromatic heterocycles. The van der Waals surface area contributed by atoms with Gasteiger partial charge in [0.1, 0.15) is 5.75 Å². The van der Waals surface area contributed by atoms with E-state index in [2.05, 4.69) is 81.4 Å². The van der Waals surface area contributed by atoms with E-state index in [0.29, 0.717) is 12.2 Å². The van der Waals surface area contributed by atoms with E-state index < -0.39 is 0 Å². The summed E-state index contributed by atoms with van der Waals surface area (Å²) < 4.78 is 0. The molecule has 1 aromatic carbocycles. The summed E-state index contributed by atoms with van der Waals surface area (Å²) in [6, 6.07) is 4.61. The van der Waals surface area contributed by atoms with Crippen LogP contribution in [0.5, 0.6) is 5.75 Å². The lowest BCUT2D eigenvalue weighted by Gasteiger charge is -2.31. The van der Waals surface area contributed by atoms with Gasteiger partial charge in [0.05, 0.1) is 0 Å². The molecule has 0 unspecified atom stereocenters. The van der Waals surface area contributed by atoms with Gasteiger partial charge < -0.3 is 10.0 Å². The number of carbonyl (C=O) groups is 1. The average molecular weight is 394 g/mol. The molecule has 4 heteroatoms. The Kier molecular flexibility index (Phi) is 7.87. The molecule has 3 nitrogen and oxygen atoms in total. The molecule has 0 spiro atoms. The van der Waals surface area contributed by atoms with Crippen LogP contribution in [0.3, 0.4) is 0 Å². The summed E-state index contributed by atoms with van der Waals surface area (Å²) in [6.07, 6.45) is 0.525. The van der Waals surface area contributed by atoms with Crippen molar-refractivity contribution in [2.24, 2.45) is 0 Å². The lowest BCUT2D eigenvalue weighted by atomic mass is 9.79. The number of hydrogen-bond donors (Lipinski definition) is 1. The average Bonchev–Trinajstić information content (AvgIpc) is 2.45. The van der Waals surface area contributed by atoms with Crippen LogP contribution < -0.4 is 0 Å². The minimum atomic E-state index is -0.136. The maximum atomic E-state index is 12.6. The van der Waals surface area contributed by atoms with E-state index in [4.69, 9.17) is 0 Å². The SMILES string of the molecule is CC(C)N(C(=O)CCSc1cc(C(C)(C)C)c(O)c(C(C)(C)C)c1)C(C)C. The summed E-state index contributed by atoms with van der Waals surface area (Å²) in [5.74, 6) is 1.35. The number of phenols is 1. The second kappa shape index (κ2) is 8.89. The zero-order valence-corrected chi connectivity index (χ0v) is 19.8. The number of carbonyl (C=O) groups excluding carboxylic acids is 1. The molecule has 1 N–H and O–H groups in total. The highest BCUT2D eigenvalue weighted by molar-refractivity contribution is 7.99. The van der Waals surface area contributed by atoms with Gasteiger partial charge in [0.15, 0.2) is 0 Å². The summed E-state index contributed by atoms with van der Waals surface area (Å²) in [6.45, 7) is 21.0. The number of hydrogen-bond acceptors (Lipinski definition) is 3. The molecule has 1 amide bonds. The second-order valence-electron chi connectivity index (χ2n) is 9.95. The van der Waals surface area contributed by atoms with E-state index in [9.17, 15) is 9.90 Å². The molecular weight excluding hydrogens is 354 g/mol. The van der Waals surface area contributed by atoms with Crippen LogP contribution in [0, 0.1) is 0 Å². The highest BCUT2D eigenvalue weighted by atomic mass is 32.2. The van der Waals surface area contributed by atoms with Crippen LogP contribution in [-0.4, -0.2) is 33.8 Å². The van der Waals surface area contributed by atoms with Crippen LogP contribution in [0.2, 0.25) is 0 Å². The summed E-state index contributed by atoms with van der Waals surface area (Å²) in [5.41, 5.74) is 1.66. The van der Waals surface area contributed by atoms with Crippen molar-refractivity contribution >= 4 is 17.7 Å². The standard InChI is InChI=1S/C23H39NO2S/c1-15(2)24(16(3)4)20(25)11-12-27-17-13-18(22(5,6)7)21(26)19(14-17)23(8,9)10/h13-16,26H,11-12H2,1-10H3. The Hall–Kier alpha value is -1.16. The van der Waals surface area contributed by atoms with Crippen LogP contribution in [0.15, 0.2) is 17.0 Å². The van der Waals surface area contributed by atoms with Crippen molar-refractivity contribution in [3.05, 3.63) is 23.3 Å². The second-order valence-corrected chi connectivity index (χ2v) is 11.1. The molecule has 0 heterocycles. The van der Waals surface area contributed by atoms with E-state index in [0.717, 1.165) is 21.8 Å². The zero-order chi connectivity index (χ0) is 21.2. The third-order valence-corrected chi connectivity index (χ3v) is 5.66. The van der Waals surface area contributed by atoms with E-state index in [1.54, 1.807) is 11.8 Å². The molecule has 0 saturated carbocycles. The highest BCUT2D eigenvalue weighted by Crippen LogP contribution is 2.41. The number of benzene rings is 1. The molecule has 0 saturated heterocycles. The quantitative estimate of drug-likeness (QED) is 0.592. The number of amides is 1. The van der Waals surface area contributed by atoms with Crippen molar-refractivity contribution in [2.45, 2.75) is 103 Å². The van der Waals surface area contributed by atoms with Gasteiger partial charge in [-0.3, -0.25) is 4.79 Å². The molecule has 0 bridgehead atoms. The zero-order valence-electron chi connectivity index (χ0n) is 18.9. The predicted molar refractivity (Wildman–Crippen MR) is 118 cm³/mol. The van der Waals surface area contributed by atoms with E-state index in [1.807, 2.05) is 4.90 Å². The van der Waals surface area contributed by atoms with Gasteiger partial charge in [-0.2, -0.15) is 0 Å². The molecule has 0 fully saturated rings. The number of phenolic OH excluding ortho intramolecular Hbond substituents is 1. The minimum absolute atomic E-state index is 0.136. The molecular formula is C23H39NO2S. The van der Waals surface area contributed by atoms with Crippen LogP contribution >= 0.6 is 11.8 Å². The normalized spacial score (nSPS) is 12.7. The predicted octanol–water partition coefficient (Wildman–Crippen LogP) is 6.11. The van der Waals surface area contributed by atoms with Crippen molar-refractivity contribution in [2.75, 3.05) is 5.75 Å². The molecule has 0 aliphatic heterocycles. The number of nitrogens with zero attached hydrogens (tertiary/aromatic N) is 1. The van der Waals surface area contributed by atoms with Gasteiger partial charge >= 0.3 is 0 Å².